The van der Waals surface area contributed by atoms with Crippen molar-refractivity contribution in [2.24, 2.45) is 0 Å². The van der Waals surface area contributed by atoms with E-state index in [1.54, 1.807) is 12.1 Å². The average Bonchev–Trinajstić information content (AvgIpc) is 2.40. The van der Waals surface area contributed by atoms with Crippen LogP contribution in [0.15, 0.2) is 47.4 Å². The van der Waals surface area contributed by atoms with E-state index in [9.17, 15) is 18.5 Å². The number of ether oxygens (including phenoxy) is 1. The van der Waals surface area contributed by atoms with Gasteiger partial charge in [-0.15, -0.1) is 0 Å². The van der Waals surface area contributed by atoms with E-state index in [-0.39, 0.29) is 10.6 Å². The Hall–Kier alpha value is -2.12. The molecule has 0 amide bonds. The lowest BCUT2D eigenvalue weighted by atomic mass is 10.3. The number of halogens is 1. The number of hydrogen-bond acceptors (Lipinski definition) is 5. The van der Waals surface area contributed by atoms with Gasteiger partial charge in [-0.25, -0.2) is 8.42 Å². The van der Waals surface area contributed by atoms with Gasteiger partial charge in [0.2, 0.25) is 5.75 Å². The van der Waals surface area contributed by atoms with Crippen molar-refractivity contribution in [3.05, 3.63) is 57.6 Å². The number of hydrogen-bond donors (Lipinski definition) is 0. The Bertz CT molecular complexity index is 787. The summed E-state index contributed by atoms with van der Waals surface area (Å²) >= 11 is 5.74. The van der Waals surface area contributed by atoms with E-state index in [4.69, 9.17) is 16.3 Å². The number of nitrogens with zero attached hydrogens (tertiary/aromatic N) is 1. The van der Waals surface area contributed by atoms with Crippen LogP contribution in [0.1, 0.15) is 0 Å². The predicted molar refractivity (Wildman–Crippen MR) is 77.7 cm³/mol. The Morgan fingerprint density at radius 2 is 1.76 bits per heavy atom. The number of benzene rings is 2. The van der Waals surface area contributed by atoms with Crippen molar-refractivity contribution in [3.8, 4) is 11.5 Å². The molecule has 2 aromatic rings. The molecule has 2 rings (SSSR count). The molecule has 0 spiro atoms. The van der Waals surface area contributed by atoms with E-state index in [0.717, 1.165) is 6.26 Å². The van der Waals surface area contributed by atoms with Gasteiger partial charge in [-0.3, -0.25) is 10.1 Å². The molecule has 21 heavy (non-hydrogen) atoms. The second-order valence-electron chi connectivity index (χ2n) is 4.19. The van der Waals surface area contributed by atoms with Crippen LogP contribution >= 0.6 is 11.6 Å². The minimum atomic E-state index is -3.74. The standard InChI is InChI=1S/C13H10ClNO5S/c1-21(18,19)12-4-2-3-11(13(12)15(16)17)20-10-7-5-9(14)6-8-10/h2-8H,1H3. The first kappa shape index (κ1) is 15.3. The number of sulfone groups is 1. The van der Waals surface area contributed by atoms with E-state index < -0.39 is 20.4 Å². The molecule has 0 heterocycles. The third-order valence-corrected chi connectivity index (χ3v) is 3.97. The van der Waals surface area contributed by atoms with Crippen LogP contribution in [-0.4, -0.2) is 19.6 Å². The van der Waals surface area contributed by atoms with Crippen LogP contribution in [0.25, 0.3) is 0 Å². The van der Waals surface area contributed by atoms with Gasteiger partial charge in [0.05, 0.1) is 4.92 Å². The van der Waals surface area contributed by atoms with Gasteiger partial charge < -0.3 is 4.74 Å². The van der Waals surface area contributed by atoms with Gasteiger partial charge in [0.15, 0.2) is 9.84 Å². The molecule has 0 saturated carbocycles. The summed E-state index contributed by atoms with van der Waals surface area (Å²) in [6, 6.07) is 10.1. The zero-order valence-corrected chi connectivity index (χ0v) is 12.4. The van der Waals surface area contributed by atoms with Gasteiger partial charge >= 0.3 is 5.69 Å². The fourth-order valence-electron chi connectivity index (χ4n) is 1.69. The van der Waals surface area contributed by atoms with Crippen molar-refractivity contribution in [3.63, 3.8) is 0 Å². The van der Waals surface area contributed by atoms with Gasteiger partial charge in [0, 0.05) is 11.3 Å². The molecule has 0 fully saturated rings. The molecular weight excluding hydrogens is 318 g/mol. The monoisotopic (exact) mass is 327 g/mol. The second kappa shape index (κ2) is 5.71. The highest BCUT2D eigenvalue weighted by molar-refractivity contribution is 7.90. The summed E-state index contributed by atoms with van der Waals surface area (Å²) in [5.74, 6) is 0.165. The summed E-state index contributed by atoms with van der Waals surface area (Å²) in [5, 5.41) is 11.7. The Labute approximate surface area is 126 Å². The summed E-state index contributed by atoms with van der Waals surface area (Å²) in [7, 11) is -3.74. The lowest BCUT2D eigenvalue weighted by molar-refractivity contribution is -0.388. The molecule has 0 aliphatic rings. The van der Waals surface area contributed by atoms with Crippen LogP contribution in [0.2, 0.25) is 5.02 Å². The molecule has 0 bridgehead atoms. The van der Waals surface area contributed by atoms with Crippen LogP contribution in [0.3, 0.4) is 0 Å². The molecule has 0 saturated heterocycles. The zero-order valence-electron chi connectivity index (χ0n) is 10.8. The first-order valence-electron chi connectivity index (χ1n) is 5.70. The maximum absolute atomic E-state index is 11.6. The molecule has 0 atom stereocenters. The lowest BCUT2D eigenvalue weighted by Gasteiger charge is -2.08. The van der Waals surface area contributed by atoms with Crippen molar-refractivity contribution in [2.75, 3.05) is 6.26 Å². The van der Waals surface area contributed by atoms with E-state index in [0.29, 0.717) is 10.8 Å². The summed E-state index contributed by atoms with van der Waals surface area (Å²) in [5.41, 5.74) is -0.588. The smallest absolute Gasteiger partial charge is 0.330 e. The van der Waals surface area contributed by atoms with Crippen LogP contribution in [0, 0.1) is 10.1 Å². The highest BCUT2D eigenvalue weighted by atomic mass is 35.5. The maximum atomic E-state index is 11.6. The van der Waals surface area contributed by atoms with Crippen LogP contribution in [-0.2, 0) is 9.84 Å². The zero-order chi connectivity index (χ0) is 15.6. The molecular formula is C13H10ClNO5S. The Morgan fingerprint density at radius 3 is 2.29 bits per heavy atom. The van der Waals surface area contributed by atoms with E-state index in [1.165, 1.54) is 30.3 Å². The third kappa shape index (κ3) is 3.50. The lowest BCUT2D eigenvalue weighted by Crippen LogP contribution is -2.04. The van der Waals surface area contributed by atoms with Gasteiger partial charge in [-0.2, -0.15) is 0 Å². The molecule has 2 aromatic carbocycles. The van der Waals surface area contributed by atoms with Gasteiger partial charge in [0.1, 0.15) is 10.6 Å². The second-order valence-corrected chi connectivity index (χ2v) is 6.61. The Balaban J connectivity index is 2.54. The summed E-state index contributed by atoms with van der Waals surface area (Å²) in [4.78, 5) is 10.0. The fourth-order valence-corrected chi connectivity index (χ4v) is 2.67. The minimum absolute atomic E-state index is 0.148. The van der Waals surface area contributed by atoms with Crippen LogP contribution in [0.5, 0.6) is 11.5 Å². The maximum Gasteiger partial charge on any atom is 0.330 e. The summed E-state index contributed by atoms with van der Waals surface area (Å²) in [6.07, 6.45) is 0.904. The normalized spacial score (nSPS) is 11.1. The summed E-state index contributed by atoms with van der Waals surface area (Å²) < 4.78 is 28.7. The first-order valence-corrected chi connectivity index (χ1v) is 7.97. The topological polar surface area (TPSA) is 86.5 Å². The Morgan fingerprint density at radius 1 is 1.14 bits per heavy atom. The van der Waals surface area contributed by atoms with Gasteiger partial charge in [-0.05, 0) is 36.4 Å². The third-order valence-electron chi connectivity index (χ3n) is 2.59. The van der Waals surface area contributed by atoms with Crippen molar-refractivity contribution in [1.82, 2.24) is 0 Å². The average molecular weight is 328 g/mol. The summed E-state index contributed by atoms with van der Waals surface area (Å²) in [6.45, 7) is 0. The molecule has 0 aromatic heterocycles. The number of rotatable bonds is 4. The van der Waals surface area contributed by atoms with Crippen molar-refractivity contribution < 1.29 is 18.1 Å². The SMILES string of the molecule is CS(=O)(=O)c1cccc(Oc2ccc(Cl)cc2)c1[N+](=O)[O-]. The first-order chi connectivity index (χ1) is 9.79. The number of nitro benzene ring substituents is 1. The Kier molecular flexibility index (Phi) is 4.15. The molecule has 0 N–H and O–H groups in total. The van der Waals surface area contributed by atoms with E-state index >= 15 is 0 Å². The highest BCUT2D eigenvalue weighted by Crippen LogP contribution is 2.36. The molecule has 0 aliphatic carbocycles. The van der Waals surface area contributed by atoms with Gasteiger partial charge in [0.25, 0.3) is 0 Å². The molecule has 8 heteroatoms. The number of nitro groups is 1. The fraction of sp³-hybridized carbons (Fsp3) is 0.0769. The molecule has 0 radical (unpaired) electrons. The minimum Gasteiger partial charge on any atom is -0.450 e. The van der Waals surface area contributed by atoms with Crippen molar-refractivity contribution in [2.45, 2.75) is 4.90 Å². The number of para-hydroxylation sites is 1. The predicted octanol–water partition coefficient (Wildman–Crippen LogP) is 3.44. The van der Waals surface area contributed by atoms with Crippen molar-refractivity contribution in [1.29, 1.82) is 0 Å². The van der Waals surface area contributed by atoms with Crippen molar-refractivity contribution >= 4 is 27.1 Å². The van der Waals surface area contributed by atoms with Gasteiger partial charge in [-0.1, -0.05) is 17.7 Å². The van der Waals surface area contributed by atoms with Crippen LogP contribution in [0.4, 0.5) is 5.69 Å². The molecule has 0 unspecified atom stereocenters. The highest BCUT2D eigenvalue weighted by Gasteiger charge is 2.27. The molecule has 6 nitrogen and oxygen atoms in total. The molecule has 110 valence electrons. The largest absolute Gasteiger partial charge is 0.450 e. The quantitative estimate of drug-likeness (QED) is 0.634. The molecule has 0 aliphatic heterocycles. The van der Waals surface area contributed by atoms with E-state index in [2.05, 4.69) is 0 Å². The van der Waals surface area contributed by atoms with E-state index in [1.807, 2.05) is 0 Å². The van der Waals surface area contributed by atoms with Crippen LogP contribution < -0.4 is 4.74 Å².